The van der Waals surface area contributed by atoms with Gasteiger partial charge in [0.05, 0.1) is 0 Å². The highest BCUT2D eigenvalue weighted by atomic mass is 32.3. The van der Waals surface area contributed by atoms with E-state index >= 15 is 0 Å². The van der Waals surface area contributed by atoms with Crippen molar-refractivity contribution in [1.29, 1.82) is 0 Å². The third-order valence-corrected chi connectivity index (χ3v) is 1.46. The SMILES string of the molecule is O=S(=O)(F)OOc1nccs1. The molecule has 0 spiro atoms. The van der Waals surface area contributed by atoms with Gasteiger partial charge in [0.2, 0.25) is 0 Å². The first-order chi connectivity index (χ1) is 5.08. The second-order valence-corrected chi connectivity index (χ2v) is 3.12. The van der Waals surface area contributed by atoms with Crippen LogP contribution >= 0.6 is 11.3 Å². The molecule has 0 saturated heterocycles. The summed E-state index contributed by atoms with van der Waals surface area (Å²) in [5, 5.41) is 1.44. The summed E-state index contributed by atoms with van der Waals surface area (Å²) in [7, 11) is -5.06. The lowest BCUT2D eigenvalue weighted by Crippen LogP contribution is -2.01. The van der Waals surface area contributed by atoms with E-state index in [1.165, 1.54) is 11.6 Å². The Balaban J connectivity index is 2.48. The molecule has 8 heteroatoms. The minimum Gasteiger partial charge on any atom is -0.286 e. The molecule has 0 aliphatic heterocycles. The number of hydrogen-bond acceptors (Lipinski definition) is 6. The van der Waals surface area contributed by atoms with Crippen LogP contribution in [0.25, 0.3) is 0 Å². The maximum atomic E-state index is 11.6. The van der Waals surface area contributed by atoms with Gasteiger partial charge >= 0.3 is 15.7 Å². The summed E-state index contributed by atoms with van der Waals surface area (Å²) in [4.78, 5) is 7.41. The van der Waals surface area contributed by atoms with Crippen LogP contribution in [0.1, 0.15) is 0 Å². The maximum absolute atomic E-state index is 11.6. The first-order valence-corrected chi connectivity index (χ1v) is 4.47. The van der Waals surface area contributed by atoms with Gasteiger partial charge < -0.3 is 0 Å². The molecule has 0 unspecified atom stereocenters. The van der Waals surface area contributed by atoms with E-state index < -0.39 is 10.5 Å². The smallest absolute Gasteiger partial charge is 0.286 e. The fourth-order valence-corrected chi connectivity index (χ4v) is 0.943. The highest BCUT2D eigenvalue weighted by Crippen LogP contribution is 2.14. The van der Waals surface area contributed by atoms with E-state index in [1.54, 1.807) is 0 Å². The minimum absolute atomic E-state index is 0.0776. The molecule has 0 saturated carbocycles. The maximum Gasteiger partial charge on any atom is 0.473 e. The van der Waals surface area contributed by atoms with Crippen LogP contribution < -0.4 is 4.89 Å². The molecular weight excluding hydrogens is 197 g/mol. The Bertz CT molecular complexity index is 306. The number of hydrogen-bond donors (Lipinski definition) is 0. The number of rotatable bonds is 3. The quantitative estimate of drug-likeness (QED) is 0.406. The van der Waals surface area contributed by atoms with Crippen molar-refractivity contribution >= 4 is 21.8 Å². The van der Waals surface area contributed by atoms with Crippen molar-refractivity contribution < 1.29 is 21.5 Å². The van der Waals surface area contributed by atoms with Crippen molar-refractivity contribution in [2.75, 3.05) is 0 Å². The molecule has 1 aromatic rings. The highest BCUT2D eigenvalue weighted by Gasteiger charge is 2.10. The predicted octanol–water partition coefficient (Wildman–Crippen LogP) is 0.668. The Kier molecular flexibility index (Phi) is 2.37. The van der Waals surface area contributed by atoms with Crippen molar-refractivity contribution in [3.8, 4) is 5.19 Å². The third kappa shape index (κ3) is 3.25. The van der Waals surface area contributed by atoms with Crippen LogP contribution in [-0.2, 0) is 14.8 Å². The van der Waals surface area contributed by atoms with E-state index in [0.29, 0.717) is 0 Å². The summed E-state index contributed by atoms with van der Waals surface area (Å²) >= 11 is 0.974. The Labute approximate surface area is 65.7 Å². The van der Waals surface area contributed by atoms with Gasteiger partial charge in [-0.25, -0.2) is 4.98 Å². The van der Waals surface area contributed by atoms with Crippen molar-refractivity contribution in [2.24, 2.45) is 0 Å². The lowest BCUT2D eigenvalue weighted by atomic mass is 11.0. The molecular formula is C3H2FNO4S2. The monoisotopic (exact) mass is 199 g/mol. The van der Waals surface area contributed by atoms with Crippen molar-refractivity contribution in [2.45, 2.75) is 0 Å². The molecule has 1 aromatic heterocycles. The van der Waals surface area contributed by atoms with E-state index in [4.69, 9.17) is 0 Å². The van der Waals surface area contributed by atoms with Crippen LogP contribution in [0.15, 0.2) is 11.6 Å². The Morgan fingerprint density at radius 1 is 1.64 bits per heavy atom. The summed E-state index contributed by atoms with van der Waals surface area (Å²) < 4.78 is 34.3. The molecule has 0 bridgehead atoms. The number of aromatic nitrogens is 1. The third-order valence-electron chi connectivity index (χ3n) is 0.596. The number of thiazole rings is 1. The molecule has 0 aromatic carbocycles. The average Bonchev–Trinajstić information content (AvgIpc) is 2.32. The number of nitrogens with zero attached hydrogens (tertiary/aromatic N) is 1. The van der Waals surface area contributed by atoms with Crippen LogP contribution in [0.2, 0.25) is 0 Å². The lowest BCUT2D eigenvalue weighted by molar-refractivity contribution is -0.0983. The van der Waals surface area contributed by atoms with Gasteiger partial charge in [0.15, 0.2) is 0 Å². The lowest BCUT2D eigenvalue weighted by Gasteiger charge is -1.92. The standard InChI is InChI=1S/C3H2FNO4S2/c4-11(6,7)9-8-3-5-1-2-10-3/h1-2H. The Hall–Kier alpha value is -0.730. The van der Waals surface area contributed by atoms with Crippen LogP contribution in [0.3, 0.4) is 0 Å². The molecule has 0 aliphatic carbocycles. The number of halogens is 1. The zero-order valence-electron chi connectivity index (χ0n) is 4.93. The van der Waals surface area contributed by atoms with E-state index in [9.17, 15) is 12.3 Å². The second kappa shape index (κ2) is 3.11. The highest BCUT2D eigenvalue weighted by molar-refractivity contribution is 7.81. The molecule has 0 N–H and O–H groups in total. The Morgan fingerprint density at radius 3 is 2.82 bits per heavy atom. The van der Waals surface area contributed by atoms with Crippen molar-refractivity contribution in [3.63, 3.8) is 0 Å². The van der Waals surface area contributed by atoms with Gasteiger partial charge in [0.1, 0.15) is 0 Å². The van der Waals surface area contributed by atoms with Crippen LogP contribution in [0.5, 0.6) is 5.19 Å². The first-order valence-electron chi connectivity index (χ1n) is 2.28. The molecule has 0 fully saturated rings. The molecule has 5 nitrogen and oxygen atoms in total. The molecule has 0 atom stereocenters. The molecule has 11 heavy (non-hydrogen) atoms. The van der Waals surface area contributed by atoms with Gasteiger partial charge in [-0.2, -0.15) is 8.42 Å². The van der Waals surface area contributed by atoms with Gasteiger partial charge in [-0.05, 0) is 4.33 Å². The largest absolute Gasteiger partial charge is 0.473 e. The first kappa shape index (κ1) is 8.37. The van der Waals surface area contributed by atoms with E-state index in [0.717, 1.165) is 11.3 Å². The van der Waals surface area contributed by atoms with Crippen LogP contribution in [0.4, 0.5) is 3.89 Å². The topological polar surface area (TPSA) is 65.5 Å². The molecule has 0 radical (unpaired) electrons. The van der Waals surface area contributed by atoms with Gasteiger partial charge in [-0.1, -0.05) is 15.2 Å². The van der Waals surface area contributed by atoms with Crippen molar-refractivity contribution in [1.82, 2.24) is 4.98 Å². The van der Waals surface area contributed by atoms with E-state index in [-0.39, 0.29) is 5.19 Å². The zero-order chi connectivity index (χ0) is 8.32. The zero-order valence-corrected chi connectivity index (χ0v) is 6.56. The van der Waals surface area contributed by atoms with E-state index in [2.05, 4.69) is 14.2 Å². The molecule has 0 aliphatic rings. The summed E-state index contributed by atoms with van der Waals surface area (Å²) in [5.41, 5.74) is 0. The van der Waals surface area contributed by atoms with Gasteiger partial charge in [0, 0.05) is 11.6 Å². The Morgan fingerprint density at radius 2 is 2.36 bits per heavy atom. The average molecular weight is 199 g/mol. The molecule has 1 heterocycles. The van der Waals surface area contributed by atoms with E-state index in [1.807, 2.05) is 0 Å². The van der Waals surface area contributed by atoms with Gasteiger partial charge in [-0.15, -0.1) is 0 Å². The molecule has 1 rings (SSSR count). The minimum atomic E-state index is -5.06. The second-order valence-electron chi connectivity index (χ2n) is 1.34. The van der Waals surface area contributed by atoms with Gasteiger partial charge in [-0.3, -0.25) is 4.89 Å². The summed E-state index contributed by atoms with van der Waals surface area (Å²) in [6.07, 6.45) is 1.36. The predicted molar refractivity (Wildman–Crippen MR) is 33.9 cm³/mol. The van der Waals surface area contributed by atoms with Crippen LogP contribution in [0, 0.1) is 0 Å². The van der Waals surface area contributed by atoms with Crippen molar-refractivity contribution in [3.05, 3.63) is 11.6 Å². The fraction of sp³-hybridized carbons (Fsp3) is 0. The normalized spacial score (nSPS) is 11.4. The summed E-state index contributed by atoms with van der Waals surface area (Å²) in [5.74, 6) is 0. The van der Waals surface area contributed by atoms with Gasteiger partial charge in [0.25, 0.3) is 0 Å². The molecule has 62 valence electrons. The fourth-order valence-electron chi connectivity index (χ4n) is 0.321. The van der Waals surface area contributed by atoms with Crippen LogP contribution in [-0.4, -0.2) is 13.4 Å². The molecule has 0 amide bonds. The summed E-state index contributed by atoms with van der Waals surface area (Å²) in [6.45, 7) is 0. The summed E-state index contributed by atoms with van der Waals surface area (Å²) in [6, 6.07) is 0.